The molecule has 2 aliphatic carbocycles. The Morgan fingerprint density at radius 3 is 2.15 bits per heavy atom. The highest BCUT2D eigenvalue weighted by Gasteiger charge is 2.49. The van der Waals surface area contributed by atoms with Crippen molar-refractivity contribution in [1.82, 2.24) is 14.7 Å². The van der Waals surface area contributed by atoms with Crippen LogP contribution in [0.5, 0.6) is 0 Å². The van der Waals surface area contributed by atoms with Crippen molar-refractivity contribution < 1.29 is 14.4 Å². The van der Waals surface area contributed by atoms with E-state index in [9.17, 15) is 14.4 Å². The molecule has 0 radical (unpaired) electrons. The van der Waals surface area contributed by atoms with Crippen LogP contribution in [0.15, 0.2) is 42.5 Å². The lowest BCUT2D eigenvalue weighted by Crippen LogP contribution is -2.56. The van der Waals surface area contributed by atoms with E-state index in [2.05, 4.69) is 6.07 Å². The highest BCUT2D eigenvalue weighted by molar-refractivity contribution is 6.01. The van der Waals surface area contributed by atoms with Gasteiger partial charge in [0.05, 0.1) is 0 Å². The van der Waals surface area contributed by atoms with Crippen molar-refractivity contribution in [3.05, 3.63) is 48.0 Å². The van der Waals surface area contributed by atoms with Crippen molar-refractivity contribution in [1.29, 1.82) is 0 Å². The van der Waals surface area contributed by atoms with E-state index >= 15 is 0 Å². The number of rotatable bonds is 3. The zero-order valence-electron chi connectivity index (χ0n) is 19.7. The number of amides is 3. The molecule has 4 fully saturated rings. The summed E-state index contributed by atoms with van der Waals surface area (Å²) >= 11 is 0. The number of nitrogens with zero attached hydrogens (tertiary/aromatic N) is 3. The second-order valence-electron chi connectivity index (χ2n) is 10.6. The van der Waals surface area contributed by atoms with Gasteiger partial charge in [-0.05, 0) is 60.9 Å². The monoisotopic (exact) mass is 459 g/mol. The number of hydrogen-bond donors (Lipinski definition) is 0. The number of fused-ring (bicyclic) bond motifs is 2. The van der Waals surface area contributed by atoms with Crippen LogP contribution in [0, 0.1) is 11.8 Å². The van der Waals surface area contributed by atoms with Gasteiger partial charge in [0.15, 0.2) is 0 Å². The third kappa shape index (κ3) is 3.87. The van der Waals surface area contributed by atoms with Gasteiger partial charge in [-0.1, -0.05) is 43.2 Å². The first-order valence-electron chi connectivity index (χ1n) is 13.0. The van der Waals surface area contributed by atoms with E-state index in [4.69, 9.17) is 0 Å². The van der Waals surface area contributed by atoms with Gasteiger partial charge in [-0.15, -0.1) is 0 Å². The van der Waals surface area contributed by atoms with Crippen molar-refractivity contribution in [3.8, 4) is 0 Å². The summed E-state index contributed by atoms with van der Waals surface area (Å²) in [6.07, 6.45) is 7.16. The van der Waals surface area contributed by atoms with Gasteiger partial charge in [-0.2, -0.15) is 0 Å². The van der Waals surface area contributed by atoms with Crippen LogP contribution in [0.25, 0.3) is 10.8 Å². The summed E-state index contributed by atoms with van der Waals surface area (Å²) in [7, 11) is 0. The van der Waals surface area contributed by atoms with Crippen molar-refractivity contribution in [2.24, 2.45) is 11.8 Å². The van der Waals surface area contributed by atoms with Gasteiger partial charge in [0.1, 0.15) is 6.04 Å². The van der Waals surface area contributed by atoms with Gasteiger partial charge in [-0.3, -0.25) is 14.4 Å². The van der Waals surface area contributed by atoms with Crippen LogP contribution < -0.4 is 0 Å². The quantitative estimate of drug-likeness (QED) is 0.703. The van der Waals surface area contributed by atoms with Crippen molar-refractivity contribution in [2.45, 2.75) is 57.0 Å². The molecule has 2 aromatic carbocycles. The average Bonchev–Trinajstić information content (AvgIpc) is 3.67. The van der Waals surface area contributed by atoms with Crippen LogP contribution in [0.2, 0.25) is 0 Å². The topological polar surface area (TPSA) is 60.9 Å². The van der Waals surface area contributed by atoms with E-state index in [1.54, 1.807) is 0 Å². The molecule has 3 amide bonds. The van der Waals surface area contributed by atoms with Crippen molar-refractivity contribution in [3.63, 3.8) is 0 Å². The normalized spacial score (nSPS) is 27.1. The average molecular weight is 460 g/mol. The maximum atomic E-state index is 13.9. The lowest BCUT2D eigenvalue weighted by Gasteiger charge is -2.38. The molecule has 0 bridgehead atoms. The van der Waals surface area contributed by atoms with Gasteiger partial charge < -0.3 is 14.7 Å². The molecule has 6 rings (SSSR count). The van der Waals surface area contributed by atoms with Gasteiger partial charge in [0.25, 0.3) is 5.91 Å². The van der Waals surface area contributed by atoms with Gasteiger partial charge >= 0.3 is 0 Å². The fourth-order valence-electron chi connectivity index (χ4n) is 6.39. The minimum Gasteiger partial charge on any atom is -0.339 e. The fourth-order valence-corrected chi connectivity index (χ4v) is 6.39. The molecule has 3 atom stereocenters. The second-order valence-corrected chi connectivity index (χ2v) is 10.6. The number of carbonyl (C=O) groups excluding carboxylic acids is 3. The smallest absolute Gasteiger partial charge is 0.254 e. The summed E-state index contributed by atoms with van der Waals surface area (Å²) in [5.74, 6) is 0.940. The van der Waals surface area contributed by atoms with Crippen LogP contribution in [-0.2, 0) is 9.59 Å². The molecular weight excluding hydrogens is 426 g/mol. The zero-order valence-corrected chi connectivity index (χ0v) is 19.7. The van der Waals surface area contributed by atoms with Gasteiger partial charge in [0, 0.05) is 43.7 Å². The van der Waals surface area contributed by atoms with Crippen LogP contribution in [-0.4, -0.2) is 70.7 Å². The Labute approximate surface area is 200 Å². The zero-order chi connectivity index (χ0) is 23.2. The van der Waals surface area contributed by atoms with E-state index < -0.39 is 6.04 Å². The first-order valence-corrected chi connectivity index (χ1v) is 13.0. The van der Waals surface area contributed by atoms with E-state index in [0.29, 0.717) is 37.7 Å². The minimum atomic E-state index is -0.391. The summed E-state index contributed by atoms with van der Waals surface area (Å²) in [6, 6.07) is 13.7. The SMILES string of the molecule is O=C(C1CC1)N1CCN(C(=O)[C@@H]2C[C@@H]3CCCC[C@@H]3N2C(=O)c2ccc3ccccc3c2)CC1. The lowest BCUT2D eigenvalue weighted by molar-refractivity contribution is -0.142. The van der Waals surface area contributed by atoms with E-state index in [1.807, 2.05) is 51.1 Å². The summed E-state index contributed by atoms with van der Waals surface area (Å²) < 4.78 is 0. The highest BCUT2D eigenvalue weighted by Crippen LogP contribution is 2.41. The highest BCUT2D eigenvalue weighted by atomic mass is 16.2. The molecule has 2 aromatic rings. The predicted molar refractivity (Wildman–Crippen MR) is 130 cm³/mol. The number of piperazine rings is 1. The van der Waals surface area contributed by atoms with E-state index in [1.165, 1.54) is 6.42 Å². The molecule has 6 heteroatoms. The van der Waals surface area contributed by atoms with E-state index in [-0.39, 0.29) is 29.7 Å². The first-order chi connectivity index (χ1) is 16.6. The molecule has 2 aliphatic heterocycles. The first kappa shape index (κ1) is 21.6. The summed E-state index contributed by atoms with van der Waals surface area (Å²) in [6.45, 7) is 2.36. The molecule has 0 aromatic heterocycles. The Bertz CT molecular complexity index is 1120. The van der Waals surface area contributed by atoms with Crippen LogP contribution in [0.1, 0.15) is 55.3 Å². The molecule has 0 N–H and O–H groups in total. The number of likely N-dealkylation sites (tertiary alicyclic amines) is 1. The lowest BCUT2D eigenvalue weighted by atomic mass is 9.84. The number of benzene rings is 2. The molecule has 178 valence electrons. The molecule has 6 nitrogen and oxygen atoms in total. The van der Waals surface area contributed by atoms with Crippen molar-refractivity contribution in [2.75, 3.05) is 26.2 Å². The van der Waals surface area contributed by atoms with Crippen molar-refractivity contribution >= 4 is 28.5 Å². The summed E-state index contributed by atoms with van der Waals surface area (Å²) in [5, 5.41) is 2.16. The van der Waals surface area contributed by atoms with Crippen LogP contribution in [0.4, 0.5) is 0 Å². The predicted octanol–water partition coefficient (Wildman–Crippen LogP) is 3.69. The van der Waals surface area contributed by atoms with E-state index in [0.717, 1.165) is 49.3 Å². The van der Waals surface area contributed by atoms with Crippen LogP contribution >= 0.6 is 0 Å². The largest absolute Gasteiger partial charge is 0.339 e. The summed E-state index contributed by atoms with van der Waals surface area (Å²) in [5.41, 5.74) is 0.669. The Morgan fingerprint density at radius 1 is 0.735 bits per heavy atom. The fraction of sp³-hybridized carbons (Fsp3) is 0.536. The molecule has 34 heavy (non-hydrogen) atoms. The Balaban J connectivity index is 1.23. The third-order valence-corrected chi connectivity index (χ3v) is 8.43. The number of carbonyl (C=O) groups is 3. The molecule has 4 aliphatic rings. The maximum absolute atomic E-state index is 13.9. The Morgan fingerprint density at radius 2 is 1.41 bits per heavy atom. The standard InChI is InChI=1S/C28H33N3O3/c32-26(20-10-11-20)29-13-15-30(16-14-29)28(34)25-18-22-7-3-4-8-24(22)31(25)27(33)23-12-9-19-5-1-2-6-21(19)17-23/h1-2,5-6,9,12,17,20,22,24-25H,3-4,7-8,10-11,13-16,18H2/t22-,24-,25-/m0/s1. The number of hydrogen-bond acceptors (Lipinski definition) is 3. The molecule has 2 heterocycles. The molecule has 0 spiro atoms. The molecule has 0 unspecified atom stereocenters. The summed E-state index contributed by atoms with van der Waals surface area (Å²) in [4.78, 5) is 45.8. The Hall–Kier alpha value is -2.89. The molecule has 2 saturated carbocycles. The van der Waals surface area contributed by atoms with Gasteiger partial charge in [-0.25, -0.2) is 0 Å². The molecule has 2 saturated heterocycles. The molecular formula is C28H33N3O3. The minimum absolute atomic E-state index is 0.0129. The van der Waals surface area contributed by atoms with Crippen LogP contribution in [0.3, 0.4) is 0 Å². The maximum Gasteiger partial charge on any atom is 0.254 e. The third-order valence-electron chi connectivity index (χ3n) is 8.43. The Kier molecular flexibility index (Phi) is 5.54. The second kappa shape index (κ2) is 8.71. The van der Waals surface area contributed by atoms with Gasteiger partial charge in [0.2, 0.25) is 11.8 Å².